The Hall–Kier alpha value is -2.09. The van der Waals surface area contributed by atoms with Crippen LogP contribution in [0.1, 0.15) is 10.4 Å². The minimum atomic E-state index is -3.66. The van der Waals surface area contributed by atoms with Gasteiger partial charge in [-0.05, 0) is 36.4 Å². The van der Waals surface area contributed by atoms with Gasteiger partial charge in [0.1, 0.15) is 4.90 Å². The molecule has 0 saturated carbocycles. The summed E-state index contributed by atoms with van der Waals surface area (Å²) in [4.78, 5) is 16.4. The predicted octanol–water partition coefficient (Wildman–Crippen LogP) is 2.55. The molecule has 1 saturated heterocycles. The number of piperazine rings is 1. The van der Waals surface area contributed by atoms with Crippen LogP contribution in [0.5, 0.6) is 0 Å². The van der Waals surface area contributed by atoms with E-state index in [1.165, 1.54) is 10.4 Å². The molecule has 2 aromatic carbocycles. The van der Waals surface area contributed by atoms with Gasteiger partial charge in [-0.3, -0.25) is 4.79 Å². The number of amides is 1. The smallest absolute Gasteiger partial charge is 0.253 e. The average molecular weight is 408 g/mol. The second-order valence-corrected chi connectivity index (χ2v) is 8.88. The van der Waals surface area contributed by atoms with Crippen molar-refractivity contribution in [2.45, 2.75) is 4.90 Å². The summed E-state index contributed by atoms with van der Waals surface area (Å²) in [6, 6.07) is 13.8. The van der Waals surface area contributed by atoms with Crippen molar-refractivity contribution in [3.63, 3.8) is 0 Å². The molecule has 0 spiro atoms. The van der Waals surface area contributed by atoms with Crippen molar-refractivity contribution in [3.05, 3.63) is 59.1 Å². The van der Waals surface area contributed by atoms with Crippen LogP contribution in [0.4, 0.5) is 5.69 Å². The summed E-state index contributed by atoms with van der Waals surface area (Å²) in [5.41, 5.74) is 1.62. The van der Waals surface area contributed by atoms with Crippen molar-refractivity contribution in [3.8, 4) is 0 Å². The minimum absolute atomic E-state index is 0.0879. The molecule has 2 aromatic rings. The zero-order valence-corrected chi connectivity index (χ0v) is 16.9. The van der Waals surface area contributed by atoms with Crippen molar-refractivity contribution >= 4 is 33.2 Å². The maximum absolute atomic E-state index is 12.8. The molecule has 0 aromatic heterocycles. The highest BCUT2D eigenvalue weighted by molar-refractivity contribution is 7.89. The lowest BCUT2D eigenvalue weighted by atomic mass is 10.1. The molecule has 0 bridgehead atoms. The number of anilines is 1. The van der Waals surface area contributed by atoms with Crippen LogP contribution in [-0.2, 0) is 10.0 Å². The predicted molar refractivity (Wildman–Crippen MR) is 107 cm³/mol. The Balaban J connectivity index is 1.68. The van der Waals surface area contributed by atoms with E-state index < -0.39 is 10.0 Å². The van der Waals surface area contributed by atoms with Crippen LogP contribution in [0.3, 0.4) is 0 Å². The molecule has 0 radical (unpaired) electrons. The quantitative estimate of drug-likeness (QED) is 0.781. The third-order valence-electron chi connectivity index (χ3n) is 4.61. The second kappa shape index (κ2) is 7.88. The molecule has 6 nitrogen and oxygen atoms in total. The number of carbonyl (C=O) groups excluding carboxylic acids is 1. The third kappa shape index (κ3) is 4.10. The normalized spacial score (nSPS) is 15.6. The first-order valence-electron chi connectivity index (χ1n) is 8.62. The maximum Gasteiger partial charge on any atom is 0.253 e. The Morgan fingerprint density at radius 1 is 0.963 bits per heavy atom. The van der Waals surface area contributed by atoms with Crippen LogP contribution in [0.2, 0.25) is 5.02 Å². The number of sulfonamides is 1. The molecule has 0 aliphatic carbocycles. The van der Waals surface area contributed by atoms with E-state index in [0.717, 1.165) is 5.69 Å². The van der Waals surface area contributed by atoms with E-state index in [4.69, 9.17) is 11.6 Å². The molecule has 27 heavy (non-hydrogen) atoms. The first kappa shape index (κ1) is 19.7. The van der Waals surface area contributed by atoms with Gasteiger partial charge in [0.05, 0.1) is 5.02 Å². The van der Waals surface area contributed by atoms with Crippen LogP contribution >= 0.6 is 11.6 Å². The van der Waals surface area contributed by atoms with Crippen molar-refractivity contribution in [2.75, 3.05) is 45.2 Å². The first-order valence-corrected chi connectivity index (χ1v) is 10.4. The van der Waals surface area contributed by atoms with E-state index in [1.807, 2.05) is 31.1 Å². The van der Waals surface area contributed by atoms with Crippen molar-refractivity contribution in [1.82, 2.24) is 9.21 Å². The number of halogens is 1. The van der Waals surface area contributed by atoms with Gasteiger partial charge in [0.25, 0.3) is 5.91 Å². The van der Waals surface area contributed by atoms with Crippen molar-refractivity contribution < 1.29 is 13.2 Å². The summed E-state index contributed by atoms with van der Waals surface area (Å²) >= 11 is 6.05. The fourth-order valence-electron chi connectivity index (χ4n) is 3.01. The zero-order valence-electron chi connectivity index (χ0n) is 15.3. The van der Waals surface area contributed by atoms with E-state index in [0.29, 0.717) is 18.7 Å². The van der Waals surface area contributed by atoms with E-state index in [1.54, 1.807) is 35.2 Å². The highest BCUT2D eigenvalue weighted by Gasteiger charge is 2.31. The number of rotatable bonds is 4. The van der Waals surface area contributed by atoms with Gasteiger partial charge in [-0.25, -0.2) is 8.42 Å². The molecule has 3 rings (SSSR count). The average Bonchev–Trinajstić information content (AvgIpc) is 2.68. The molecule has 8 heteroatoms. The largest absolute Gasteiger partial charge is 0.378 e. The summed E-state index contributed by atoms with van der Waals surface area (Å²) in [6.07, 6.45) is 0. The lowest BCUT2D eigenvalue weighted by Gasteiger charge is -2.34. The molecule has 0 N–H and O–H groups in total. The summed E-state index contributed by atoms with van der Waals surface area (Å²) in [5.74, 6) is -0.0879. The number of nitrogens with zero attached hydrogens (tertiary/aromatic N) is 3. The summed E-state index contributed by atoms with van der Waals surface area (Å²) < 4.78 is 27.0. The van der Waals surface area contributed by atoms with Crippen LogP contribution in [0.25, 0.3) is 0 Å². The SMILES string of the molecule is CN(C)c1ccc(C(=O)N2CCN(S(=O)(=O)c3ccccc3Cl)CC2)cc1. The molecule has 1 fully saturated rings. The Morgan fingerprint density at radius 3 is 2.11 bits per heavy atom. The summed E-state index contributed by atoms with van der Waals surface area (Å²) in [7, 11) is 0.216. The fraction of sp³-hybridized carbons (Fsp3) is 0.316. The molecular formula is C19H22ClN3O3S. The Bertz CT molecular complexity index is 921. The van der Waals surface area contributed by atoms with Gasteiger partial charge in [0.15, 0.2) is 0 Å². The molecule has 1 aliphatic heterocycles. The molecule has 1 heterocycles. The Kier molecular flexibility index (Phi) is 5.74. The van der Waals surface area contributed by atoms with Gasteiger partial charge in [0.2, 0.25) is 10.0 Å². The van der Waals surface area contributed by atoms with Gasteiger partial charge in [-0.1, -0.05) is 23.7 Å². The summed E-state index contributed by atoms with van der Waals surface area (Å²) in [5, 5.41) is 0.206. The molecule has 144 valence electrons. The first-order chi connectivity index (χ1) is 12.8. The van der Waals surface area contributed by atoms with Gasteiger partial charge >= 0.3 is 0 Å². The van der Waals surface area contributed by atoms with Crippen LogP contribution in [0, 0.1) is 0 Å². The highest BCUT2D eigenvalue weighted by Crippen LogP contribution is 2.25. The van der Waals surface area contributed by atoms with Crippen LogP contribution in [0.15, 0.2) is 53.4 Å². The Labute approximate surface area is 165 Å². The molecule has 0 unspecified atom stereocenters. The van der Waals surface area contributed by atoms with Gasteiger partial charge < -0.3 is 9.80 Å². The van der Waals surface area contributed by atoms with Gasteiger partial charge in [-0.15, -0.1) is 0 Å². The lowest BCUT2D eigenvalue weighted by molar-refractivity contribution is 0.0698. The molecule has 0 atom stereocenters. The molecule has 1 aliphatic rings. The van der Waals surface area contributed by atoms with E-state index in [2.05, 4.69) is 0 Å². The number of hydrogen-bond acceptors (Lipinski definition) is 4. The van der Waals surface area contributed by atoms with E-state index >= 15 is 0 Å². The van der Waals surface area contributed by atoms with Gasteiger partial charge in [0, 0.05) is 51.5 Å². The molecular weight excluding hydrogens is 386 g/mol. The third-order valence-corrected chi connectivity index (χ3v) is 7.01. The van der Waals surface area contributed by atoms with Gasteiger partial charge in [-0.2, -0.15) is 4.31 Å². The number of hydrogen-bond donors (Lipinski definition) is 0. The second-order valence-electron chi connectivity index (χ2n) is 6.57. The fourth-order valence-corrected chi connectivity index (χ4v) is 4.92. The summed E-state index contributed by atoms with van der Waals surface area (Å²) in [6.45, 7) is 1.18. The maximum atomic E-state index is 12.8. The standard InChI is InChI=1S/C19H22ClN3O3S/c1-21(2)16-9-7-15(8-10-16)19(24)22-11-13-23(14-12-22)27(25,26)18-6-4-3-5-17(18)20/h3-10H,11-14H2,1-2H3. The van der Waals surface area contributed by atoms with Crippen molar-refractivity contribution in [1.29, 1.82) is 0 Å². The van der Waals surface area contributed by atoms with Crippen LogP contribution < -0.4 is 4.90 Å². The number of benzene rings is 2. The van der Waals surface area contributed by atoms with Crippen LogP contribution in [-0.4, -0.2) is 63.8 Å². The van der Waals surface area contributed by atoms with E-state index in [-0.39, 0.29) is 28.9 Å². The monoisotopic (exact) mass is 407 g/mol. The minimum Gasteiger partial charge on any atom is -0.378 e. The zero-order chi connectivity index (χ0) is 19.6. The molecule has 1 amide bonds. The topological polar surface area (TPSA) is 60.9 Å². The lowest BCUT2D eigenvalue weighted by Crippen LogP contribution is -2.50. The van der Waals surface area contributed by atoms with Crippen molar-refractivity contribution in [2.24, 2.45) is 0 Å². The highest BCUT2D eigenvalue weighted by atomic mass is 35.5. The number of carbonyl (C=O) groups is 1. The Morgan fingerprint density at radius 2 is 1.56 bits per heavy atom. The van der Waals surface area contributed by atoms with E-state index in [9.17, 15) is 13.2 Å².